The van der Waals surface area contributed by atoms with E-state index in [9.17, 15) is 0 Å². The van der Waals surface area contributed by atoms with Crippen molar-refractivity contribution in [3.8, 4) is 5.82 Å². The zero-order valence-corrected chi connectivity index (χ0v) is 21.9. The molecule has 6 nitrogen and oxygen atoms in total. The number of aryl methyl sites for hydroxylation is 1. The molecule has 7 heteroatoms. The molecule has 176 valence electrons. The smallest absolute Gasteiger partial charge is 0.191 e. The second-order valence-corrected chi connectivity index (χ2v) is 7.97. The number of aliphatic imine (C=N–C) groups is 1. The quantitative estimate of drug-likeness (QED) is 0.181. The molecule has 1 atom stereocenters. The van der Waals surface area contributed by atoms with E-state index in [2.05, 4.69) is 92.3 Å². The van der Waals surface area contributed by atoms with E-state index in [0.29, 0.717) is 12.5 Å². The summed E-state index contributed by atoms with van der Waals surface area (Å²) in [5, 5.41) is 6.91. The summed E-state index contributed by atoms with van der Waals surface area (Å²) in [6.07, 6.45) is 6.55. The van der Waals surface area contributed by atoms with Gasteiger partial charge in [0.15, 0.2) is 5.96 Å². The number of pyridine rings is 1. The van der Waals surface area contributed by atoms with Crippen LogP contribution in [-0.4, -0.2) is 34.1 Å². The molecule has 0 aliphatic rings. The Labute approximate surface area is 218 Å². The third-order valence-corrected chi connectivity index (χ3v) is 5.68. The molecule has 0 radical (unpaired) electrons. The van der Waals surface area contributed by atoms with Crippen molar-refractivity contribution in [2.24, 2.45) is 4.99 Å². The van der Waals surface area contributed by atoms with Gasteiger partial charge in [0.1, 0.15) is 11.6 Å². The molecular weight excluding hydrogens is 535 g/mol. The highest BCUT2D eigenvalue weighted by Gasteiger charge is 2.13. The van der Waals surface area contributed by atoms with Crippen LogP contribution in [0.25, 0.3) is 5.82 Å². The van der Waals surface area contributed by atoms with Crippen molar-refractivity contribution in [1.29, 1.82) is 0 Å². The molecule has 0 bridgehead atoms. The highest BCUT2D eigenvalue weighted by molar-refractivity contribution is 14.0. The molecular formula is C27H31IN6. The second kappa shape index (κ2) is 12.9. The summed E-state index contributed by atoms with van der Waals surface area (Å²) in [4.78, 5) is 13.2. The Bertz CT molecular complexity index is 1160. The maximum absolute atomic E-state index is 4.57. The van der Waals surface area contributed by atoms with Gasteiger partial charge in [-0.15, -0.1) is 24.0 Å². The number of imidazole rings is 1. The first-order valence-corrected chi connectivity index (χ1v) is 11.2. The van der Waals surface area contributed by atoms with Gasteiger partial charge in [0.05, 0.1) is 0 Å². The second-order valence-electron chi connectivity index (χ2n) is 7.97. The van der Waals surface area contributed by atoms with Gasteiger partial charge in [-0.2, -0.15) is 0 Å². The van der Waals surface area contributed by atoms with E-state index >= 15 is 0 Å². The van der Waals surface area contributed by atoms with Crippen LogP contribution in [-0.2, 0) is 13.0 Å². The molecule has 1 unspecified atom stereocenters. The molecule has 0 aliphatic heterocycles. The van der Waals surface area contributed by atoms with E-state index < -0.39 is 0 Å². The van der Waals surface area contributed by atoms with E-state index in [1.54, 1.807) is 13.2 Å². The fourth-order valence-corrected chi connectivity index (χ4v) is 3.84. The van der Waals surface area contributed by atoms with Crippen molar-refractivity contribution in [1.82, 2.24) is 25.2 Å². The number of hydrogen-bond donors (Lipinski definition) is 2. The SMILES string of the molecule is CN=C(NCc1ccc(-n2ccnc2C)nc1)NCC(Cc1ccccc1)c1ccccc1.I. The number of rotatable bonds is 8. The maximum atomic E-state index is 4.57. The van der Waals surface area contributed by atoms with Gasteiger partial charge >= 0.3 is 0 Å². The third kappa shape index (κ3) is 6.90. The summed E-state index contributed by atoms with van der Waals surface area (Å²) >= 11 is 0. The average Bonchev–Trinajstić information content (AvgIpc) is 3.30. The number of nitrogens with one attached hydrogen (secondary N) is 2. The predicted molar refractivity (Wildman–Crippen MR) is 149 cm³/mol. The van der Waals surface area contributed by atoms with Crippen LogP contribution in [0, 0.1) is 6.92 Å². The van der Waals surface area contributed by atoms with Crippen molar-refractivity contribution < 1.29 is 0 Å². The topological polar surface area (TPSA) is 67.1 Å². The highest BCUT2D eigenvalue weighted by atomic mass is 127. The maximum Gasteiger partial charge on any atom is 0.191 e. The van der Waals surface area contributed by atoms with Crippen LogP contribution in [0.3, 0.4) is 0 Å². The molecule has 4 aromatic rings. The van der Waals surface area contributed by atoms with Crippen molar-refractivity contribution in [3.63, 3.8) is 0 Å². The van der Waals surface area contributed by atoms with Gasteiger partial charge in [-0.1, -0.05) is 66.7 Å². The van der Waals surface area contributed by atoms with Gasteiger partial charge in [-0.05, 0) is 36.1 Å². The Kier molecular flexibility index (Phi) is 9.63. The molecule has 2 aromatic heterocycles. The van der Waals surface area contributed by atoms with Crippen molar-refractivity contribution >= 4 is 29.9 Å². The molecule has 0 amide bonds. The lowest BCUT2D eigenvalue weighted by Gasteiger charge is -2.20. The summed E-state index contributed by atoms with van der Waals surface area (Å²) in [6, 6.07) is 25.4. The van der Waals surface area contributed by atoms with E-state index in [1.165, 1.54) is 11.1 Å². The van der Waals surface area contributed by atoms with Gasteiger partial charge in [-0.25, -0.2) is 9.97 Å². The Morgan fingerprint density at radius 3 is 2.26 bits per heavy atom. The molecule has 2 N–H and O–H groups in total. The van der Waals surface area contributed by atoms with Crippen LogP contribution in [0.5, 0.6) is 0 Å². The molecule has 34 heavy (non-hydrogen) atoms. The van der Waals surface area contributed by atoms with Gasteiger partial charge in [0, 0.05) is 44.6 Å². The van der Waals surface area contributed by atoms with Crippen LogP contribution in [0.15, 0.2) is 96.4 Å². The van der Waals surface area contributed by atoms with E-state index in [0.717, 1.165) is 36.1 Å². The molecule has 2 aromatic carbocycles. The third-order valence-electron chi connectivity index (χ3n) is 5.68. The first kappa shape index (κ1) is 25.4. The number of halogens is 1. The molecule has 0 fully saturated rings. The summed E-state index contributed by atoms with van der Waals surface area (Å²) < 4.78 is 1.97. The Morgan fingerprint density at radius 1 is 0.912 bits per heavy atom. The van der Waals surface area contributed by atoms with E-state index in [1.807, 2.05) is 30.0 Å². The Morgan fingerprint density at radius 2 is 1.65 bits per heavy atom. The molecule has 2 heterocycles. The highest BCUT2D eigenvalue weighted by Crippen LogP contribution is 2.20. The molecule has 4 rings (SSSR count). The lowest BCUT2D eigenvalue weighted by atomic mass is 9.92. The molecule has 0 aliphatic carbocycles. The number of nitrogens with zero attached hydrogens (tertiary/aromatic N) is 4. The lowest BCUT2D eigenvalue weighted by molar-refractivity contribution is 0.644. The van der Waals surface area contributed by atoms with Gasteiger partial charge in [0.25, 0.3) is 0 Å². The molecule has 0 saturated carbocycles. The van der Waals surface area contributed by atoms with E-state index in [-0.39, 0.29) is 24.0 Å². The fourth-order valence-electron chi connectivity index (χ4n) is 3.84. The van der Waals surface area contributed by atoms with Crippen molar-refractivity contribution in [2.75, 3.05) is 13.6 Å². The predicted octanol–water partition coefficient (Wildman–Crippen LogP) is 4.89. The molecule has 0 spiro atoms. The summed E-state index contributed by atoms with van der Waals surface area (Å²) in [5.41, 5.74) is 3.73. The zero-order chi connectivity index (χ0) is 22.9. The minimum Gasteiger partial charge on any atom is -0.356 e. The lowest BCUT2D eigenvalue weighted by Crippen LogP contribution is -2.39. The van der Waals surface area contributed by atoms with E-state index in [4.69, 9.17) is 0 Å². The monoisotopic (exact) mass is 566 g/mol. The van der Waals surface area contributed by atoms with Crippen LogP contribution >= 0.6 is 24.0 Å². The summed E-state index contributed by atoms with van der Waals surface area (Å²) in [7, 11) is 1.80. The van der Waals surface area contributed by atoms with Gasteiger partial charge in [0.2, 0.25) is 0 Å². The normalized spacial score (nSPS) is 12.0. The summed E-state index contributed by atoms with van der Waals surface area (Å²) in [6.45, 7) is 3.40. The van der Waals surface area contributed by atoms with Crippen molar-refractivity contribution in [3.05, 3.63) is 114 Å². The van der Waals surface area contributed by atoms with Crippen LogP contribution < -0.4 is 10.6 Å². The minimum atomic E-state index is 0. The van der Waals surface area contributed by atoms with Crippen LogP contribution in [0.4, 0.5) is 0 Å². The Balaban J connectivity index is 0.00000324. The van der Waals surface area contributed by atoms with Gasteiger partial charge in [-0.3, -0.25) is 9.56 Å². The number of hydrogen-bond acceptors (Lipinski definition) is 3. The summed E-state index contributed by atoms with van der Waals surface area (Å²) in [5.74, 6) is 2.90. The number of aromatic nitrogens is 3. The largest absolute Gasteiger partial charge is 0.356 e. The number of guanidine groups is 1. The first-order chi connectivity index (χ1) is 16.2. The standard InChI is InChI=1S/C27H30N6.HI/c1-21-29-15-16-33(21)26-14-13-23(18-30-26)19-31-27(28-2)32-20-25(24-11-7-4-8-12-24)17-22-9-5-3-6-10-22;/h3-16,18,25H,17,19-20H2,1-2H3,(H2,28,31,32);1H. The fraction of sp³-hybridized carbons (Fsp3) is 0.222. The van der Waals surface area contributed by atoms with Crippen LogP contribution in [0.1, 0.15) is 28.4 Å². The minimum absolute atomic E-state index is 0. The number of benzene rings is 2. The Hall–Kier alpha value is -3.20. The van der Waals surface area contributed by atoms with Crippen LogP contribution in [0.2, 0.25) is 0 Å². The molecule has 0 saturated heterocycles. The first-order valence-electron chi connectivity index (χ1n) is 11.2. The average molecular weight is 566 g/mol. The zero-order valence-electron chi connectivity index (χ0n) is 19.6. The van der Waals surface area contributed by atoms with Crippen molar-refractivity contribution in [2.45, 2.75) is 25.8 Å². The van der Waals surface area contributed by atoms with Gasteiger partial charge < -0.3 is 10.6 Å².